The molecule has 1 aromatic heterocycles. The molecule has 2 aromatic rings. The van der Waals surface area contributed by atoms with Gasteiger partial charge in [-0.25, -0.2) is 0 Å². The lowest BCUT2D eigenvalue weighted by Gasteiger charge is -2.37. The number of carbonyl (C=O) groups excluding carboxylic acids is 1. The summed E-state index contributed by atoms with van der Waals surface area (Å²) in [6, 6.07) is 11.9. The molecular formula is C19H25Cl2N3O2. The molecule has 0 saturated carbocycles. The SMILES string of the molecule is COc1ccccc1C1CNCCN1C(=O)CCc1ccncc1.Cl.Cl. The molecule has 26 heavy (non-hydrogen) atoms. The Labute approximate surface area is 167 Å². The van der Waals surface area contributed by atoms with Crippen LogP contribution in [0.4, 0.5) is 0 Å². The summed E-state index contributed by atoms with van der Waals surface area (Å²) in [5.74, 6) is 1.02. The number of amides is 1. The number of hydrogen-bond donors (Lipinski definition) is 1. The number of para-hydroxylation sites is 1. The second-order valence-electron chi connectivity index (χ2n) is 5.90. The second-order valence-corrected chi connectivity index (χ2v) is 5.90. The third-order valence-electron chi connectivity index (χ3n) is 4.44. The van der Waals surface area contributed by atoms with Crippen LogP contribution in [-0.4, -0.2) is 42.5 Å². The molecule has 1 amide bonds. The molecule has 1 saturated heterocycles. The fourth-order valence-corrected chi connectivity index (χ4v) is 3.17. The molecule has 7 heteroatoms. The van der Waals surface area contributed by atoms with E-state index in [0.717, 1.165) is 42.9 Å². The van der Waals surface area contributed by atoms with Crippen LogP contribution in [0.25, 0.3) is 0 Å². The number of hydrogen-bond acceptors (Lipinski definition) is 4. The molecule has 3 rings (SSSR count). The summed E-state index contributed by atoms with van der Waals surface area (Å²) in [5.41, 5.74) is 2.20. The summed E-state index contributed by atoms with van der Waals surface area (Å²) in [5, 5.41) is 3.39. The van der Waals surface area contributed by atoms with Gasteiger partial charge in [0.2, 0.25) is 5.91 Å². The number of aromatic nitrogens is 1. The lowest BCUT2D eigenvalue weighted by molar-refractivity contribution is -0.134. The van der Waals surface area contributed by atoms with Crippen LogP contribution in [0.2, 0.25) is 0 Å². The first-order valence-corrected chi connectivity index (χ1v) is 8.31. The average Bonchev–Trinajstić information content (AvgIpc) is 2.67. The number of ether oxygens (including phenoxy) is 1. The van der Waals surface area contributed by atoms with Crippen molar-refractivity contribution in [2.24, 2.45) is 0 Å². The van der Waals surface area contributed by atoms with Crippen molar-refractivity contribution in [2.75, 3.05) is 26.7 Å². The van der Waals surface area contributed by atoms with Gasteiger partial charge in [-0.1, -0.05) is 18.2 Å². The van der Waals surface area contributed by atoms with Gasteiger partial charge in [-0.2, -0.15) is 0 Å². The van der Waals surface area contributed by atoms with E-state index in [1.807, 2.05) is 41.3 Å². The van der Waals surface area contributed by atoms with Crippen LogP contribution in [0.15, 0.2) is 48.8 Å². The molecule has 1 unspecified atom stereocenters. The molecule has 0 radical (unpaired) electrons. The van der Waals surface area contributed by atoms with E-state index in [0.29, 0.717) is 6.42 Å². The lowest BCUT2D eigenvalue weighted by atomic mass is 10.0. The Morgan fingerprint density at radius 1 is 1.23 bits per heavy atom. The second kappa shape index (κ2) is 11.0. The van der Waals surface area contributed by atoms with Gasteiger partial charge in [0, 0.05) is 44.0 Å². The zero-order valence-electron chi connectivity index (χ0n) is 14.8. The predicted molar refractivity (Wildman–Crippen MR) is 107 cm³/mol. The molecule has 1 aliphatic rings. The van der Waals surface area contributed by atoms with Crippen LogP contribution in [0.3, 0.4) is 0 Å². The van der Waals surface area contributed by atoms with E-state index >= 15 is 0 Å². The van der Waals surface area contributed by atoms with Gasteiger partial charge in [-0.15, -0.1) is 24.8 Å². The quantitative estimate of drug-likeness (QED) is 0.841. The summed E-state index contributed by atoms with van der Waals surface area (Å²) in [6.07, 6.45) is 4.78. The van der Waals surface area contributed by atoms with Crippen LogP contribution in [0, 0.1) is 0 Å². The van der Waals surface area contributed by atoms with Crippen LogP contribution in [-0.2, 0) is 11.2 Å². The van der Waals surface area contributed by atoms with Gasteiger partial charge < -0.3 is 15.0 Å². The molecule has 2 heterocycles. The molecule has 0 spiro atoms. The Balaban J connectivity index is 0.00000169. The van der Waals surface area contributed by atoms with Gasteiger partial charge in [-0.3, -0.25) is 9.78 Å². The Bertz CT molecular complexity index is 685. The van der Waals surface area contributed by atoms with E-state index in [4.69, 9.17) is 4.74 Å². The van der Waals surface area contributed by atoms with E-state index in [1.54, 1.807) is 19.5 Å². The fourth-order valence-electron chi connectivity index (χ4n) is 3.17. The Morgan fingerprint density at radius 2 is 1.96 bits per heavy atom. The number of pyridine rings is 1. The molecular weight excluding hydrogens is 373 g/mol. The van der Waals surface area contributed by atoms with Crippen molar-refractivity contribution in [1.82, 2.24) is 15.2 Å². The monoisotopic (exact) mass is 397 g/mol. The molecule has 1 aliphatic heterocycles. The summed E-state index contributed by atoms with van der Waals surface area (Å²) < 4.78 is 5.48. The summed E-state index contributed by atoms with van der Waals surface area (Å²) >= 11 is 0. The van der Waals surface area contributed by atoms with E-state index in [1.165, 1.54) is 0 Å². The zero-order valence-corrected chi connectivity index (χ0v) is 16.4. The van der Waals surface area contributed by atoms with Crippen molar-refractivity contribution in [3.63, 3.8) is 0 Å². The first-order valence-electron chi connectivity index (χ1n) is 8.31. The van der Waals surface area contributed by atoms with Gasteiger partial charge in [0.1, 0.15) is 5.75 Å². The highest BCUT2D eigenvalue weighted by molar-refractivity contribution is 5.85. The minimum absolute atomic E-state index is 0. The molecule has 0 bridgehead atoms. The topological polar surface area (TPSA) is 54.5 Å². The van der Waals surface area contributed by atoms with E-state index in [9.17, 15) is 4.79 Å². The molecule has 0 aliphatic carbocycles. The molecule has 5 nitrogen and oxygen atoms in total. The maximum absolute atomic E-state index is 12.8. The van der Waals surface area contributed by atoms with Crippen LogP contribution in [0.1, 0.15) is 23.6 Å². The third kappa shape index (κ3) is 5.34. The van der Waals surface area contributed by atoms with Crippen molar-refractivity contribution in [2.45, 2.75) is 18.9 Å². The molecule has 1 aromatic carbocycles. The third-order valence-corrected chi connectivity index (χ3v) is 4.44. The maximum Gasteiger partial charge on any atom is 0.223 e. The average molecular weight is 398 g/mol. The Kier molecular flexibility index (Phi) is 9.41. The minimum atomic E-state index is 0. The van der Waals surface area contributed by atoms with Crippen LogP contribution in [0.5, 0.6) is 5.75 Å². The smallest absolute Gasteiger partial charge is 0.223 e. The summed E-state index contributed by atoms with van der Waals surface area (Å²) in [4.78, 5) is 18.8. The van der Waals surface area contributed by atoms with Crippen LogP contribution >= 0.6 is 24.8 Å². The predicted octanol–water partition coefficient (Wildman–Crippen LogP) is 3.04. The molecule has 1 fully saturated rings. The number of methoxy groups -OCH3 is 1. The van der Waals surface area contributed by atoms with Crippen LogP contribution < -0.4 is 10.1 Å². The van der Waals surface area contributed by atoms with Crippen molar-refractivity contribution in [1.29, 1.82) is 0 Å². The summed E-state index contributed by atoms with van der Waals surface area (Å²) in [7, 11) is 1.67. The van der Waals surface area contributed by atoms with Gasteiger partial charge in [-0.05, 0) is 30.2 Å². The van der Waals surface area contributed by atoms with Crippen molar-refractivity contribution in [3.05, 3.63) is 59.9 Å². The van der Waals surface area contributed by atoms with E-state index in [2.05, 4.69) is 10.3 Å². The lowest BCUT2D eigenvalue weighted by Crippen LogP contribution is -2.48. The van der Waals surface area contributed by atoms with Gasteiger partial charge in [0.15, 0.2) is 0 Å². The fraction of sp³-hybridized carbons (Fsp3) is 0.368. The first kappa shape index (κ1) is 22.2. The standard InChI is InChI=1S/C19H23N3O2.2ClH/c1-24-18-5-3-2-4-16(18)17-14-21-12-13-22(17)19(23)7-6-15-8-10-20-11-9-15;;/h2-5,8-11,17,21H,6-7,12-14H2,1H3;2*1H. The number of piperazine rings is 1. The Morgan fingerprint density at radius 3 is 2.69 bits per heavy atom. The normalized spacial score (nSPS) is 16.2. The number of carbonyl (C=O) groups is 1. The van der Waals surface area contributed by atoms with Crippen molar-refractivity contribution < 1.29 is 9.53 Å². The summed E-state index contributed by atoms with van der Waals surface area (Å²) in [6.45, 7) is 2.30. The van der Waals surface area contributed by atoms with Gasteiger partial charge in [0.25, 0.3) is 0 Å². The first-order chi connectivity index (χ1) is 11.8. The highest BCUT2D eigenvalue weighted by Gasteiger charge is 2.29. The van der Waals surface area contributed by atoms with Gasteiger partial charge in [0.05, 0.1) is 13.2 Å². The van der Waals surface area contributed by atoms with Crippen molar-refractivity contribution in [3.8, 4) is 5.75 Å². The molecule has 1 atom stereocenters. The largest absolute Gasteiger partial charge is 0.496 e. The number of halogens is 2. The van der Waals surface area contributed by atoms with E-state index in [-0.39, 0.29) is 36.8 Å². The highest BCUT2D eigenvalue weighted by atomic mass is 35.5. The Hall–Kier alpha value is -1.82. The number of benzene rings is 1. The molecule has 1 N–H and O–H groups in total. The van der Waals surface area contributed by atoms with Crippen molar-refractivity contribution >= 4 is 30.7 Å². The van der Waals surface area contributed by atoms with Gasteiger partial charge >= 0.3 is 0 Å². The number of nitrogens with one attached hydrogen (secondary N) is 1. The van der Waals surface area contributed by atoms with E-state index < -0.39 is 0 Å². The zero-order chi connectivity index (χ0) is 16.8. The molecule has 142 valence electrons. The highest BCUT2D eigenvalue weighted by Crippen LogP contribution is 2.30. The maximum atomic E-state index is 12.8. The number of rotatable bonds is 5. The minimum Gasteiger partial charge on any atom is -0.496 e. The number of nitrogens with zero attached hydrogens (tertiary/aromatic N) is 2. The number of aryl methyl sites for hydroxylation is 1.